The van der Waals surface area contributed by atoms with Gasteiger partial charge in [-0.1, -0.05) is 72.8 Å². The zero-order valence-corrected chi connectivity index (χ0v) is 40.8. The van der Waals surface area contributed by atoms with E-state index in [0.29, 0.717) is 33.6 Å². The lowest BCUT2D eigenvalue weighted by Crippen LogP contribution is -2.07. The highest BCUT2D eigenvalue weighted by Gasteiger charge is 2.32. The van der Waals surface area contributed by atoms with Gasteiger partial charge in [0, 0.05) is 27.1 Å². The molecule has 0 saturated heterocycles. The number of alkyl halides is 3. The normalized spacial score (nSPS) is 11.2. The third-order valence-electron chi connectivity index (χ3n) is 14.3. The largest absolute Gasteiger partial charge is 0.416 e. The van der Waals surface area contributed by atoms with Gasteiger partial charge in [-0.3, -0.25) is 0 Å². The van der Waals surface area contributed by atoms with E-state index in [9.17, 15) is 44.7 Å². The maximum atomic E-state index is 14.7. The summed E-state index contributed by atoms with van der Waals surface area (Å²) in [4.78, 5) is 0. The first-order valence-electron chi connectivity index (χ1n) is 24.4. The molecule has 78 heavy (non-hydrogen) atoms. The van der Waals surface area contributed by atoms with Crippen LogP contribution in [0, 0.1) is 68.0 Å². The van der Waals surface area contributed by atoms with Crippen molar-refractivity contribution in [1.82, 2.24) is 9.13 Å². The second-order valence-electron chi connectivity index (χ2n) is 18.8. The number of halogens is 3. The molecule has 2 aromatic heterocycles. The van der Waals surface area contributed by atoms with E-state index in [4.69, 9.17) is 0 Å². The monoisotopic (exact) mass is 1010 g/mol. The molecule has 0 bridgehead atoms. The van der Waals surface area contributed by atoms with E-state index in [2.05, 4.69) is 63.7 Å². The van der Waals surface area contributed by atoms with Gasteiger partial charge in [0.2, 0.25) is 0 Å². The van der Waals surface area contributed by atoms with Crippen LogP contribution in [0.4, 0.5) is 13.2 Å². The van der Waals surface area contributed by atoms with Crippen molar-refractivity contribution in [2.45, 2.75) is 6.18 Å². The summed E-state index contributed by atoms with van der Waals surface area (Å²) in [6.45, 7) is 0. The summed E-state index contributed by atoms with van der Waals surface area (Å²) in [7, 11) is 0. The zero-order chi connectivity index (χ0) is 53.8. The Balaban J connectivity index is 1.20. The number of nitriles is 6. The molecule has 0 saturated carbocycles. The average molecular weight is 1010 g/mol. The fourth-order valence-electron chi connectivity index (χ4n) is 10.5. The molecule has 0 unspecified atom stereocenters. The molecule has 11 heteroatoms. The SMILES string of the molecule is N#Cc1ccc(-c2ccc3c(c2)c2cc(-c4ccc(C#N)cc4)ccc2n3-c2cc(C#N)c(-c3cc(C#N)cc(C(F)(F)F)c3)cc2-n2c3ccc(-c4ccc(C#N)cc4)cc3c3cc(-c4ccc(C#N)cc4)ccc32)cc1. The smallest absolute Gasteiger partial charge is 0.307 e. The van der Waals surface area contributed by atoms with Crippen molar-refractivity contribution >= 4 is 43.6 Å². The second-order valence-corrected chi connectivity index (χ2v) is 18.8. The van der Waals surface area contributed by atoms with Crippen molar-refractivity contribution in [3.8, 4) is 103 Å². The third kappa shape index (κ3) is 8.17. The van der Waals surface area contributed by atoms with Gasteiger partial charge in [-0.05, 0) is 177 Å². The Morgan fingerprint density at radius 3 is 0.885 bits per heavy atom. The van der Waals surface area contributed by atoms with Crippen LogP contribution in [-0.4, -0.2) is 9.13 Å². The van der Waals surface area contributed by atoms with Gasteiger partial charge in [0.25, 0.3) is 0 Å². The van der Waals surface area contributed by atoms with E-state index in [1.54, 1.807) is 60.7 Å². The zero-order valence-electron chi connectivity index (χ0n) is 40.8. The van der Waals surface area contributed by atoms with Gasteiger partial charge in [-0.25, -0.2) is 0 Å². The summed E-state index contributed by atoms with van der Waals surface area (Å²) >= 11 is 0. The Labute approximate surface area is 444 Å². The molecule has 8 nitrogen and oxygen atoms in total. The molecule has 362 valence electrons. The summed E-state index contributed by atoms with van der Waals surface area (Å²) in [5.74, 6) is 0. The van der Waals surface area contributed by atoms with Gasteiger partial charge in [0.15, 0.2) is 0 Å². The molecular formula is C67H33F3N8. The van der Waals surface area contributed by atoms with Crippen molar-refractivity contribution in [2.75, 3.05) is 0 Å². The fourth-order valence-corrected chi connectivity index (χ4v) is 10.5. The van der Waals surface area contributed by atoms with Gasteiger partial charge in [0.1, 0.15) is 0 Å². The fraction of sp³-hybridized carbons (Fsp3) is 0.0149. The molecule has 0 fully saturated rings. The molecule has 12 rings (SSSR count). The maximum Gasteiger partial charge on any atom is 0.416 e. The first-order chi connectivity index (χ1) is 38.0. The molecule has 0 N–H and O–H groups in total. The Hall–Kier alpha value is -11.5. The first-order valence-corrected chi connectivity index (χ1v) is 24.4. The first kappa shape index (κ1) is 47.5. The number of aromatic nitrogens is 2. The van der Waals surface area contributed by atoms with Gasteiger partial charge >= 0.3 is 6.18 Å². The lowest BCUT2D eigenvalue weighted by atomic mass is 9.94. The minimum atomic E-state index is -4.81. The van der Waals surface area contributed by atoms with E-state index in [1.165, 1.54) is 6.07 Å². The van der Waals surface area contributed by atoms with E-state index >= 15 is 0 Å². The standard InChI is InChI=1S/C67H33F3N8/c68-67(69,70)55-26-44(38-75)25-53(27-55)56-33-66(78-63-23-19-51(47-13-5-42(36-73)6-14-47)30-59(63)60-31-52(20-24-64(60)78)48-15-7-43(37-74)8-16-48)65(32-54(56)39-76)77-61-21-17-49(45-9-1-40(34-71)2-10-45)28-57(61)58-29-50(18-22-62(58)77)46-11-3-41(35-72)4-12-46/h1-33H. The van der Waals surface area contributed by atoms with E-state index in [-0.39, 0.29) is 22.3 Å². The number of benzene rings is 10. The Morgan fingerprint density at radius 1 is 0.282 bits per heavy atom. The highest BCUT2D eigenvalue weighted by molar-refractivity contribution is 6.14. The minimum Gasteiger partial charge on any atom is -0.307 e. The van der Waals surface area contributed by atoms with Crippen molar-refractivity contribution in [3.63, 3.8) is 0 Å². The van der Waals surface area contributed by atoms with Crippen LogP contribution >= 0.6 is 0 Å². The highest BCUT2D eigenvalue weighted by atomic mass is 19.4. The molecule has 12 aromatic rings. The van der Waals surface area contributed by atoms with Gasteiger partial charge < -0.3 is 9.13 Å². The summed E-state index contributed by atoms with van der Waals surface area (Å²) in [6, 6.07) is 72.9. The molecule has 0 aliphatic carbocycles. The number of fused-ring (bicyclic) bond motifs is 6. The van der Waals surface area contributed by atoms with Gasteiger partial charge in [0.05, 0.1) is 109 Å². The third-order valence-corrected chi connectivity index (χ3v) is 14.3. The van der Waals surface area contributed by atoms with E-state index < -0.39 is 11.7 Å². The van der Waals surface area contributed by atoms with Crippen LogP contribution in [0.3, 0.4) is 0 Å². The van der Waals surface area contributed by atoms with Crippen LogP contribution in [-0.2, 0) is 6.18 Å². The van der Waals surface area contributed by atoms with Crippen molar-refractivity contribution < 1.29 is 13.2 Å². The van der Waals surface area contributed by atoms with Crippen LogP contribution in [0.1, 0.15) is 38.9 Å². The Kier molecular flexibility index (Phi) is 11.4. The molecule has 0 spiro atoms. The maximum absolute atomic E-state index is 14.7. The number of nitrogens with zero attached hydrogens (tertiary/aromatic N) is 8. The molecule has 0 amide bonds. The van der Waals surface area contributed by atoms with Gasteiger partial charge in [-0.2, -0.15) is 44.7 Å². The van der Waals surface area contributed by atoms with Crippen LogP contribution in [0.15, 0.2) is 200 Å². The topological polar surface area (TPSA) is 153 Å². The quantitative estimate of drug-likeness (QED) is 0.155. The number of rotatable bonds is 7. The molecule has 0 atom stereocenters. The predicted molar refractivity (Wildman–Crippen MR) is 296 cm³/mol. The van der Waals surface area contributed by atoms with Crippen LogP contribution < -0.4 is 0 Å². The molecule has 0 aliphatic rings. The number of hydrogen-bond acceptors (Lipinski definition) is 6. The lowest BCUT2D eigenvalue weighted by Gasteiger charge is -2.20. The summed E-state index contributed by atoms with van der Waals surface area (Å²) in [6.07, 6.45) is -4.81. The van der Waals surface area contributed by atoms with Crippen molar-refractivity contribution in [3.05, 3.63) is 239 Å². The lowest BCUT2D eigenvalue weighted by molar-refractivity contribution is -0.137. The van der Waals surface area contributed by atoms with Crippen LogP contribution in [0.25, 0.3) is 111 Å². The molecule has 0 radical (unpaired) electrons. The summed E-state index contributed by atoms with van der Waals surface area (Å²) < 4.78 is 48.1. The van der Waals surface area contributed by atoms with Crippen LogP contribution in [0.2, 0.25) is 0 Å². The Bertz CT molecular complexity index is 4520. The molecule has 10 aromatic carbocycles. The van der Waals surface area contributed by atoms with Crippen LogP contribution in [0.5, 0.6) is 0 Å². The number of hydrogen-bond donors (Lipinski definition) is 0. The highest BCUT2D eigenvalue weighted by Crippen LogP contribution is 2.45. The Morgan fingerprint density at radius 2 is 0.590 bits per heavy atom. The molecule has 2 heterocycles. The average Bonchev–Trinajstić information content (AvgIpc) is 4.21. The molecule has 0 aliphatic heterocycles. The van der Waals surface area contributed by atoms with Gasteiger partial charge in [-0.15, -0.1) is 0 Å². The van der Waals surface area contributed by atoms with Crippen molar-refractivity contribution in [1.29, 1.82) is 31.6 Å². The minimum absolute atomic E-state index is 0.0269. The summed E-state index contributed by atoms with van der Waals surface area (Å²) in [5.41, 5.74) is 12.0. The van der Waals surface area contributed by atoms with Crippen molar-refractivity contribution in [2.24, 2.45) is 0 Å². The molecular weight excluding hydrogens is 974 g/mol. The van der Waals surface area contributed by atoms with E-state index in [0.717, 1.165) is 100 Å². The summed E-state index contributed by atoms with van der Waals surface area (Å²) in [5, 5.41) is 63.0. The predicted octanol–water partition coefficient (Wildman–Crippen LogP) is 16.5. The van der Waals surface area contributed by atoms with E-state index in [1.807, 2.05) is 103 Å². The second kappa shape index (κ2) is 18.8.